The molecule has 2 N–H and O–H groups in total. The molecule has 3 nitrogen and oxygen atoms in total. The molecule has 0 spiro atoms. The van der Waals surface area contributed by atoms with Gasteiger partial charge in [-0.15, -0.1) is 0 Å². The maximum absolute atomic E-state index is 13.3. The molecule has 2 aromatic rings. The molecule has 1 aliphatic heterocycles. The third-order valence-electron chi connectivity index (χ3n) is 4.66. The smallest absolute Gasteiger partial charge is 0.205 e. The van der Waals surface area contributed by atoms with Gasteiger partial charge in [0, 0.05) is 11.5 Å². The van der Waals surface area contributed by atoms with Crippen LogP contribution >= 0.6 is 0 Å². The summed E-state index contributed by atoms with van der Waals surface area (Å²) in [6.07, 6.45) is 1.67. The number of allylic oxidation sites excluding steroid dienone is 2. The van der Waals surface area contributed by atoms with Crippen molar-refractivity contribution in [3.05, 3.63) is 88.1 Å². The highest BCUT2D eigenvalue weighted by Crippen LogP contribution is 2.46. The monoisotopic (exact) mass is 318 g/mol. The van der Waals surface area contributed by atoms with Crippen LogP contribution < -0.4 is 5.73 Å². The molecule has 118 valence electrons. The molecule has 0 amide bonds. The highest BCUT2D eigenvalue weighted by molar-refractivity contribution is 5.74. The molecule has 0 bridgehead atoms. The number of aryl methyl sites for hydroxylation is 1. The normalized spacial score (nSPS) is 19.2. The molecule has 0 unspecified atom stereocenters. The number of hydrogen-bond acceptors (Lipinski definition) is 3. The van der Waals surface area contributed by atoms with Crippen LogP contribution in [0.1, 0.15) is 29.0 Å². The van der Waals surface area contributed by atoms with E-state index in [0.717, 1.165) is 35.3 Å². The van der Waals surface area contributed by atoms with Crippen LogP contribution in [-0.4, -0.2) is 0 Å². The maximum Gasteiger partial charge on any atom is 0.205 e. The minimum Gasteiger partial charge on any atom is -0.440 e. The molecule has 0 radical (unpaired) electrons. The molecule has 4 rings (SSSR count). The average Bonchev–Trinajstić information content (AvgIpc) is 2.61. The number of nitrogens with zero attached hydrogens (tertiary/aromatic N) is 1. The zero-order valence-electron chi connectivity index (χ0n) is 12.9. The second-order valence-electron chi connectivity index (χ2n) is 5.99. The Kier molecular flexibility index (Phi) is 3.35. The Morgan fingerprint density at radius 3 is 2.58 bits per heavy atom. The molecule has 1 heterocycles. The number of ether oxygens (including phenoxy) is 1. The van der Waals surface area contributed by atoms with Crippen molar-refractivity contribution in [2.45, 2.75) is 18.8 Å². The molecule has 1 atom stereocenters. The summed E-state index contributed by atoms with van der Waals surface area (Å²) in [5, 5.41) is 9.57. The highest BCUT2D eigenvalue weighted by atomic mass is 19.1. The first kappa shape index (κ1) is 14.5. The van der Waals surface area contributed by atoms with Crippen LogP contribution in [0.25, 0.3) is 5.76 Å². The van der Waals surface area contributed by atoms with Crippen LogP contribution in [0.15, 0.2) is 65.6 Å². The van der Waals surface area contributed by atoms with Gasteiger partial charge in [-0.1, -0.05) is 36.4 Å². The lowest BCUT2D eigenvalue weighted by Gasteiger charge is -2.33. The van der Waals surface area contributed by atoms with Crippen LogP contribution in [0, 0.1) is 17.1 Å². The van der Waals surface area contributed by atoms with E-state index in [1.165, 1.54) is 17.7 Å². The lowest BCUT2D eigenvalue weighted by Crippen LogP contribution is -2.23. The van der Waals surface area contributed by atoms with E-state index in [4.69, 9.17) is 10.5 Å². The Morgan fingerprint density at radius 2 is 1.83 bits per heavy atom. The molecule has 2 aliphatic rings. The van der Waals surface area contributed by atoms with Gasteiger partial charge < -0.3 is 10.5 Å². The van der Waals surface area contributed by atoms with Gasteiger partial charge in [-0.25, -0.2) is 4.39 Å². The quantitative estimate of drug-likeness (QED) is 0.865. The molecule has 4 heteroatoms. The standard InChI is InChI=1S/C20H15FN2O/c21-14-8-5-13(6-9-14)18-16-10-7-12-3-1-2-4-15(12)19(16)24-20(23)17(18)11-22/h1-6,8-9,18H,7,10,23H2/t18-/m1/s1. The van der Waals surface area contributed by atoms with Gasteiger partial charge in [0.25, 0.3) is 0 Å². The summed E-state index contributed by atoms with van der Waals surface area (Å²) >= 11 is 0. The van der Waals surface area contributed by atoms with E-state index in [9.17, 15) is 9.65 Å². The number of rotatable bonds is 1. The van der Waals surface area contributed by atoms with E-state index in [1.807, 2.05) is 18.2 Å². The minimum absolute atomic E-state index is 0.127. The molecule has 0 saturated carbocycles. The van der Waals surface area contributed by atoms with Crippen molar-refractivity contribution < 1.29 is 9.13 Å². The van der Waals surface area contributed by atoms with Gasteiger partial charge in [-0.3, -0.25) is 0 Å². The first-order chi connectivity index (χ1) is 11.7. The van der Waals surface area contributed by atoms with Crippen LogP contribution in [0.4, 0.5) is 4.39 Å². The Hall–Kier alpha value is -3.06. The van der Waals surface area contributed by atoms with E-state index < -0.39 is 0 Å². The molecule has 0 aromatic heterocycles. The topological polar surface area (TPSA) is 59.0 Å². The number of hydrogen-bond donors (Lipinski definition) is 1. The second-order valence-corrected chi connectivity index (χ2v) is 5.99. The second kappa shape index (κ2) is 5.54. The number of nitrogens with two attached hydrogens (primary N) is 1. The largest absolute Gasteiger partial charge is 0.440 e. The van der Waals surface area contributed by atoms with Crippen molar-refractivity contribution in [1.29, 1.82) is 5.26 Å². The summed E-state index contributed by atoms with van der Waals surface area (Å²) in [6, 6.07) is 16.5. The first-order valence-corrected chi connectivity index (χ1v) is 7.83. The van der Waals surface area contributed by atoms with Crippen molar-refractivity contribution in [3.63, 3.8) is 0 Å². The van der Waals surface area contributed by atoms with Gasteiger partial charge >= 0.3 is 0 Å². The number of benzene rings is 2. The predicted molar refractivity (Wildman–Crippen MR) is 88.7 cm³/mol. The van der Waals surface area contributed by atoms with Gasteiger partial charge in [-0.2, -0.15) is 5.26 Å². The fourth-order valence-electron chi connectivity index (χ4n) is 3.54. The van der Waals surface area contributed by atoms with Gasteiger partial charge in [0.05, 0.1) is 0 Å². The number of halogens is 1. The lowest BCUT2D eigenvalue weighted by atomic mass is 9.76. The van der Waals surface area contributed by atoms with Crippen LogP contribution in [0.5, 0.6) is 0 Å². The van der Waals surface area contributed by atoms with Crippen molar-refractivity contribution in [2.24, 2.45) is 5.73 Å². The molecule has 0 saturated heterocycles. The molecule has 2 aromatic carbocycles. The maximum atomic E-state index is 13.3. The zero-order chi connectivity index (χ0) is 16.7. The average molecular weight is 318 g/mol. The van der Waals surface area contributed by atoms with Crippen LogP contribution in [-0.2, 0) is 11.2 Å². The first-order valence-electron chi connectivity index (χ1n) is 7.83. The van der Waals surface area contributed by atoms with Gasteiger partial charge in [0.2, 0.25) is 5.88 Å². The lowest BCUT2D eigenvalue weighted by molar-refractivity contribution is 0.349. The summed E-state index contributed by atoms with van der Waals surface area (Å²) in [5.41, 5.74) is 10.5. The molecular weight excluding hydrogens is 303 g/mol. The third kappa shape index (κ3) is 2.17. The summed E-state index contributed by atoms with van der Waals surface area (Å²) in [7, 11) is 0. The van der Waals surface area contributed by atoms with Crippen molar-refractivity contribution in [1.82, 2.24) is 0 Å². The van der Waals surface area contributed by atoms with Crippen molar-refractivity contribution in [2.75, 3.05) is 0 Å². The van der Waals surface area contributed by atoms with Gasteiger partial charge in [-0.05, 0) is 41.7 Å². The van der Waals surface area contributed by atoms with Gasteiger partial charge in [0.15, 0.2) is 0 Å². The van der Waals surface area contributed by atoms with Crippen molar-refractivity contribution in [3.8, 4) is 6.07 Å². The molecule has 0 fully saturated rings. The number of fused-ring (bicyclic) bond motifs is 2. The Balaban J connectivity index is 1.91. The number of nitriles is 1. The fraction of sp³-hybridized carbons (Fsp3) is 0.150. The molecular formula is C20H15FN2O. The molecule has 1 aliphatic carbocycles. The summed E-state index contributed by atoms with van der Waals surface area (Å²) < 4.78 is 19.1. The molecule has 24 heavy (non-hydrogen) atoms. The zero-order valence-corrected chi connectivity index (χ0v) is 12.9. The summed E-state index contributed by atoms with van der Waals surface area (Å²) in [6.45, 7) is 0. The van der Waals surface area contributed by atoms with Crippen LogP contribution in [0.3, 0.4) is 0 Å². The van der Waals surface area contributed by atoms with E-state index in [1.54, 1.807) is 12.1 Å². The van der Waals surface area contributed by atoms with E-state index >= 15 is 0 Å². The Bertz CT molecular complexity index is 919. The van der Waals surface area contributed by atoms with Crippen LogP contribution in [0.2, 0.25) is 0 Å². The Labute approximate surface area is 139 Å². The predicted octanol–water partition coefficient (Wildman–Crippen LogP) is 3.99. The summed E-state index contributed by atoms with van der Waals surface area (Å²) in [4.78, 5) is 0. The van der Waals surface area contributed by atoms with E-state index in [2.05, 4.69) is 12.1 Å². The van der Waals surface area contributed by atoms with E-state index in [-0.39, 0.29) is 17.6 Å². The third-order valence-corrected chi connectivity index (χ3v) is 4.66. The SMILES string of the molecule is N#CC1=C(N)OC2=C(CCc3ccccc32)[C@H]1c1ccc(F)cc1. The summed E-state index contributed by atoms with van der Waals surface area (Å²) in [5.74, 6) is 0.280. The van der Waals surface area contributed by atoms with Crippen molar-refractivity contribution >= 4 is 5.76 Å². The van der Waals surface area contributed by atoms with E-state index in [0.29, 0.717) is 5.57 Å². The minimum atomic E-state index is -0.301. The highest BCUT2D eigenvalue weighted by Gasteiger charge is 2.35. The fourth-order valence-corrected chi connectivity index (χ4v) is 3.54. The van der Waals surface area contributed by atoms with Gasteiger partial charge in [0.1, 0.15) is 23.2 Å². The Morgan fingerprint density at radius 1 is 1.08 bits per heavy atom.